The van der Waals surface area contributed by atoms with E-state index in [0.717, 1.165) is 12.8 Å². The van der Waals surface area contributed by atoms with Gasteiger partial charge in [0.1, 0.15) is 16.2 Å². The molecule has 1 fully saturated rings. The van der Waals surface area contributed by atoms with E-state index in [2.05, 4.69) is 5.32 Å². The van der Waals surface area contributed by atoms with E-state index < -0.39 is 6.10 Å². The summed E-state index contributed by atoms with van der Waals surface area (Å²) in [6.45, 7) is 0.684. The molecule has 0 spiro atoms. The summed E-state index contributed by atoms with van der Waals surface area (Å²) in [7, 11) is 0. The Kier molecular flexibility index (Phi) is 4.71. The summed E-state index contributed by atoms with van der Waals surface area (Å²) in [4.78, 5) is 14.2. The highest BCUT2D eigenvalue weighted by molar-refractivity contribution is 7.15. The van der Waals surface area contributed by atoms with Gasteiger partial charge in [0.25, 0.3) is 0 Å². The molecule has 3 rings (SSSR count). The molecule has 2 amide bonds. The van der Waals surface area contributed by atoms with Gasteiger partial charge in [-0.15, -0.1) is 11.3 Å². The Morgan fingerprint density at radius 1 is 1.59 bits per heavy atom. The number of aliphatic hydroxyl groups is 1. The molecule has 5 nitrogen and oxygen atoms in total. The molecule has 2 N–H and O–H groups in total. The van der Waals surface area contributed by atoms with Crippen molar-refractivity contribution in [2.24, 2.45) is 0 Å². The first-order chi connectivity index (χ1) is 10.6. The largest absolute Gasteiger partial charge is 0.467 e. The highest BCUT2D eigenvalue weighted by Crippen LogP contribution is 2.31. The monoisotopic (exact) mass is 340 g/mol. The lowest BCUT2D eigenvalue weighted by molar-refractivity contribution is 0.110. The molecule has 0 unspecified atom stereocenters. The zero-order valence-corrected chi connectivity index (χ0v) is 13.4. The van der Waals surface area contributed by atoms with Crippen LogP contribution in [0.5, 0.6) is 0 Å². The van der Waals surface area contributed by atoms with Crippen molar-refractivity contribution in [3.8, 4) is 0 Å². The lowest BCUT2D eigenvalue weighted by Crippen LogP contribution is -2.39. The quantitative estimate of drug-likeness (QED) is 0.880. The number of anilines is 1. The number of furan rings is 1. The number of halogens is 1. The van der Waals surface area contributed by atoms with E-state index in [9.17, 15) is 9.90 Å². The first-order valence-corrected chi connectivity index (χ1v) is 8.43. The molecule has 1 aliphatic heterocycles. The summed E-state index contributed by atoms with van der Waals surface area (Å²) in [5.41, 5.74) is 0.633. The van der Waals surface area contributed by atoms with Gasteiger partial charge in [-0.3, -0.25) is 0 Å². The number of carbonyl (C=O) groups is 1. The number of likely N-dealkylation sites (tertiary alicyclic amines) is 1. The first kappa shape index (κ1) is 15.4. The van der Waals surface area contributed by atoms with E-state index in [-0.39, 0.29) is 12.1 Å². The standard InChI is InChI=1S/C15H17ClN2O3S/c16-14-11(5-8-22-14)17-15(20)18-6-1-3-10(18)9-12(19)13-4-2-7-21-13/h2,4-5,7-8,10,12,19H,1,3,6,9H2,(H,17,20)/t10-,12+/m0/s1. The lowest BCUT2D eigenvalue weighted by Gasteiger charge is -2.26. The molecule has 2 aromatic rings. The molecule has 0 radical (unpaired) electrons. The fourth-order valence-electron chi connectivity index (χ4n) is 2.77. The van der Waals surface area contributed by atoms with Gasteiger partial charge >= 0.3 is 6.03 Å². The van der Waals surface area contributed by atoms with Gasteiger partial charge in [-0.1, -0.05) is 11.6 Å². The second kappa shape index (κ2) is 6.73. The van der Waals surface area contributed by atoms with E-state index in [1.807, 2.05) is 5.38 Å². The van der Waals surface area contributed by atoms with Crippen LogP contribution in [-0.4, -0.2) is 28.6 Å². The molecule has 118 valence electrons. The smallest absolute Gasteiger partial charge is 0.322 e. The molecule has 0 bridgehead atoms. The van der Waals surface area contributed by atoms with Crippen LogP contribution in [0.15, 0.2) is 34.3 Å². The summed E-state index contributed by atoms with van der Waals surface area (Å²) in [6.07, 6.45) is 3.12. The third kappa shape index (κ3) is 3.29. The number of rotatable bonds is 4. The van der Waals surface area contributed by atoms with Crippen molar-refractivity contribution in [2.75, 3.05) is 11.9 Å². The average molecular weight is 341 g/mol. The first-order valence-electron chi connectivity index (χ1n) is 7.17. The SMILES string of the molecule is O=C(Nc1ccsc1Cl)N1CCC[C@H]1C[C@@H](O)c1ccco1. The van der Waals surface area contributed by atoms with Gasteiger partial charge in [0.05, 0.1) is 12.0 Å². The zero-order chi connectivity index (χ0) is 15.5. The van der Waals surface area contributed by atoms with Gasteiger partial charge in [-0.05, 0) is 36.4 Å². The van der Waals surface area contributed by atoms with Crippen molar-refractivity contribution >= 4 is 34.7 Å². The van der Waals surface area contributed by atoms with Crippen LogP contribution < -0.4 is 5.32 Å². The van der Waals surface area contributed by atoms with Crippen molar-refractivity contribution < 1.29 is 14.3 Å². The predicted octanol–water partition coefficient (Wildman–Crippen LogP) is 4.11. The molecule has 22 heavy (non-hydrogen) atoms. The topological polar surface area (TPSA) is 65.7 Å². The molecule has 7 heteroatoms. The van der Waals surface area contributed by atoms with Gasteiger partial charge < -0.3 is 19.7 Å². The van der Waals surface area contributed by atoms with Gasteiger partial charge in [-0.2, -0.15) is 0 Å². The maximum atomic E-state index is 12.4. The Morgan fingerprint density at radius 3 is 3.14 bits per heavy atom. The molecule has 1 aliphatic rings. The molecule has 0 aliphatic carbocycles. The zero-order valence-electron chi connectivity index (χ0n) is 11.9. The molecule has 2 atom stereocenters. The molecule has 2 aromatic heterocycles. The van der Waals surface area contributed by atoms with Gasteiger partial charge in [-0.25, -0.2) is 4.79 Å². The summed E-state index contributed by atoms with van der Waals surface area (Å²) < 4.78 is 5.79. The normalized spacial score (nSPS) is 19.4. The molecular formula is C15H17ClN2O3S. The summed E-state index contributed by atoms with van der Waals surface area (Å²) >= 11 is 7.39. The van der Waals surface area contributed by atoms with Crippen LogP contribution in [0.3, 0.4) is 0 Å². The average Bonchev–Trinajstić information content (AvgIpc) is 3.21. The number of aliphatic hydroxyl groups excluding tert-OH is 1. The van der Waals surface area contributed by atoms with Crippen LogP contribution in [-0.2, 0) is 0 Å². The number of hydrogen-bond donors (Lipinski definition) is 2. The number of carbonyl (C=O) groups excluding carboxylic acids is 1. The van der Waals surface area contributed by atoms with E-state index in [1.165, 1.54) is 17.6 Å². The molecule has 3 heterocycles. The number of thiophene rings is 1. The third-order valence-electron chi connectivity index (χ3n) is 3.86. The highest BCUT2D eigenvalue weighted by atomic mass is 35.5. The Labute approximate surface area is 137 Å². The maximum absolute atomic E-state index is 12.4. The van der Waals surface area contributed by atoms with Gasteiger partial charge in [0, 0.05) is 19.0 Å². The number of nitrogens with one attached hydrogen (secondary N) is 1. The predicted molar refractivity (Wildman–Crippen MR) is 86.4 cm³/mol. The molecule has 0 saturated carbocycles. The van der Waals surface area contributed by atoms with E-state index in [1.54, 1.807) is 23.1 Å². The highest BCUT2D eigenvalue weighted by Gasteiger charge is 2.31. The van der Waals surface area contributed by atoms with Crippen LogP contribution in [0.4, 0.5) is 10.5 Å². The Hall–Kier alpha value is -1.50. The van der Waals surface area contributed by atoms with Crippen molar-refractivity contribution in [3.63, 3.8) is 0 Å². The van der Waals surface area contributed by atoms with Crippen LogP contribution in [0.1, 0.15) is 31.1 Å². The van der Waals surface area contributed by atoms with Crippen molar-refractivity contribution in [2.45, 2.75) is 31.4 Å². The third-order valence-corrected chi connectivity index (χ3v) is 5.03. The fraction of sp³-hybridized carbons (Fsp3) is 0.400. The summed E-state index contributed by atoms with van der Waals surface area (Å²) in [5.74, 6) is 0.535. The van der Waals surface area contributed by atoms with Crippen LogP contribution in [0, 0.1) is 0 Å². The van der Waals surface area contributed by atoms with E-state index in [4.69, 9.17) is 16.0 Å². The lowest BCUT2D eigenvalue weighted by atomic mass is 10.1. The van der Waals surface area contributed by atoms with E-state index in [0.29, 0.717) is 28.7 Å². The molecular weight excluding hydrogens is 324 g/mol. The molecule has 0 aromatic carbocycles. The van der Waals surface area contributed by atoms with Crippen LogP contribution in [0.25, 0.3) is 0 Å². The minimum atomic E-state index is -0.696. The molecule has 1 saturated heterocycles. The van der Waals surface area contributed by atoms with Gasteiger partial charge in [0.2, 0.25) is 0 Å². The minimum absolute atomic E-state index is 0.00230. The van der Waals surface area contributed by atoms with Gasteiger partial charge in [0.15, 0.2) is 0 Å². The summed E-state index contributed by atoms with van der Waals surface area (Å²) in [5, 5.41) is 14.9. The fourth-order valence-corrected chi connectivity index (χ4v) is 3.61. The number of nitrogens with zero attached hydrogens (tertiary/aromatic N) is 1. The van der Waals surface area contributed by atoms with Crippen LogP contribution >= 0.6 is 22.9 Å². The van der Waals surface area contributed by atoms with Crippen molar-refractivity contribution in [3.05, 3.63) is 39.9 Å². The van der Waals surface area contributed by atoms with Crippen LogP contribution in [0.2, 0.25) is 4.34 Å². The summed E-state index contributed by atoms with van der Waals surface area (Å²) in [6, 6.07) is 5.10. The maximum Gasteiger partial charge on any atom is 0.322 e. The van der Waals surface area contributed by atoms with Crippen molar-refractivity contribution in [1.29, 1.82) is 0 Å². The van der Waals surface area contributed by atoms with E-state index >= 15 is 0 Å². The number of hydrogen-bond acceptors (Lipinski definition) is 4. The minimum Gasteiger partial charge on any atom is -0.467 e. The Balaban J connectivity index is 1.62. The Bertz CT molecular complexity index is 629. The van der Waals surface area contributed by atoms with Crippen molar-refractivity contribution in [1.82, 2.24) is 4.90 Å². The second-order valence-corrected chi connectivity index (χ2v) is 6.81. The Morgan fingerprint density at radius 2 is 2.45 bits per heavy atom. The number of urea groups is 1. The number of amides is 2. The second-order valence-electron chi connectivity index (χ2n) is 5.29.